The van der Waals surface area contributed by atoms with Gasteiger partial charge in [0.05, 0.1) is 26.4 Å². The summed E-state index contributed by atoms with van der Waals surface area (Å²) in [5, 5.41) is 86.9. The van der Waals surface area contributed by atoms with Gasteiger partial charge in [-0.2, -0.15) is 0 Å². The maximum absolute atomic E-state index is 10.3. The normalized spacial score (nSPS) is 45.8. The molecule has 0 aliphatic carbocycles. The summed E-state index contributed by atoms with van der Waals surface area (Å²) in [6, 6.07) is 0. The summed E-state index contributed by atoms with van der Waals surface area (Å²) < 4.78 is 20.9. The highest BCUT2D eigenvalue weighted by Gasteiger charge is 2.50. The molecule has 166 valence electrons. The Hall–Kier alpha value is -0.520. The fraction of sp³-hybridized carbons (Fsp3) is 1.00. The zero-order chi connectivity index (χ0) is 21.0. The highest BCUT2D eigenvalue weighted by atomic mass is 16.7. The maximum atomic E-state index is 10.3. The van der Waals surface area contributed by atoms with Crippen molar-refractivity contribution in [1.29, 1.82) is 0 Å². The van der Waals surface area contributed by atoms with Gasteiger partial charge in [0.15, 0.2) is 12.6 Å². The molecule has 0 saturated carbocycles. The predicted octanol–water partition coefficient (Wildman–Crippen LogP) is -6.02. The van der Waals surface area contributed by atoms with E-state index in [1.807, 2.05) is 0 Å². The third-order valence-electron chi connectivity index (χ3n) is 4.62. The fourth-order valence-electron chi connectivity index (χ4n) is 2.95. The lowest BCUT2D eigenvalue weighted by molar-refractivity contribution is -0.360. The molecule has 9 N–H and O–H groups in total. The Morgan fingerprint density at radius 2 is 1.29 bits per heavy atom. The van der Waals surface area contributed by atoms with Crippen molar-refractivity contribution in [3.63, 3.8) is 0 Å². The molecular formula is C15H28O13. The van der Waals surface area contributed by atoms with Crippen LogP contribution in [0.1, 0.15) is 0 Å². The zero-order valence-electron chi connectivity index (χ0n) is 14.8. The van der Waals surface area contributed by atoms with Crippen molar-refractivity contribution in [2.45, 2.75) is 67.5 Å². The van der Waals surface area contributed by atoms with Crippen LogP contribution in [0, 0.1) is 0 Å². The van der Waals surface area contributed by atoms with E-state index in [0.29, 0.717) is 0 Å². The first-order chi connectivity index (χ1) is 13.2. The Kier molecular flexibility index (Phi) is 8.90. The Bertz CT molecular complexity index is 463. The molecule has 13 nitrogen and oxygen atoms in total. The van der Waals surface area contributed by atoms with E-state index < -0.39 is 93.9 Å². The van der Waals surface area contributed by atoms with Crippen molar-refractivity contribution in [1.82, 2.24) is 0 Å². The smallest absolute Gasteiger partial charge is 0.187 e. The molecule has 2 saturated heterocycles. The molecule has 2 aliphatic heterocycles. The van der Waals surface area contributed by atoms with Crippen LogP contribution in [0.2, 0.25) is 0 Å². The molecule has 28 heavy (non-hydrogen) atoms. The van der Waals surface area contributed by atoms with Crippen LogP contribution in [-0.2, 0) is 18.9 Å². The Balaban J connectivity index is 2.06. The van der Waals surface area contributed by atoms with Crippen molar-refractivity contribution in [3.8, 4) is 0 Å². The third-order valence-corrected chi connectivity index (χ3v) is 4.62. The van der Waals surface area contributed by atoms with Gasteiger partial charge in [-0.25, -0.2) is 0 Å². The molecule has 2 fully saturated rings. The van der Waals surface area contributed by atoms with E-state index in [4.69, 9.17) is 24.1 Å². The monoisotopic (exact) mass is 416 g/mol. The third kappa shape index (κ3) is 5.14. The van der Waals surface area contributed by atoms with Gasteiger partial charge in [0, 0.05) is 0 Å². The van der Waals surface area contributed by atoms with E-state index in [1.165, 1.54) is 0 Å². The molecule has 0 bridgehead atoms. The SMILES string of the molecule is OCC(O)CO[C@@H]1O[C@H](CO)[C@@H](O[C@@H]2O[C@H](CO)[C@@H](O)[C@H](O)[C@H]2O)[C@H](O)[C@H]1O. The van der Waals surface area contributed by atoms with Crippen LogP contribution in [0.15, 0.2) is 0 Å². The number of ether oxygens (including phenoxy) is 4. The molecule has 2 aliphatic rings. The van der Waals surface area contributed by atoms with Crippen molar-refractivity contribution < 1.29 is 64.9 Å². The lowest BCUT2D eigenvalue weighted by atomic mass is 9.97. The molecule has 0 aromatic rings. The van der Waals surface area contributed by atoms with Gasteiger partial charge in [0.1, 0.15) is 54.9 Å². The predicted molar refractivity (Wildman–Crippen MR) is 85.4 cm³/mol. The number of aliphatic hydroxyl groups excluding tert-OH is 9. The molecule has 2 heterocycles. The van der Waals surface area contributed by atoms with Crippen LogP contribution in [0.3, 0.4) is 0 Å². The van der Waals surface area contributed by atoms with Gasteiger partial charge in [0.25, 0.3) is 0 Å². The van der Waals surface area contributed by atoms with E-state index in [1.54, 1.807) is 0 Å². The van der Waals surface area contributed by atoms with Gasteiger partial charge in [-0.3, -0.25) is 0 Å². The van der Waals surface area contributed by atoms with Crippen LogP contribution >= 0.6 is 0 Å². The van der Waals surface area contributed by atoms with Gasteiger partial charge in [-0.15, -0.1) is 0 Å². The lowest BCUT2D eigenvalue weighted by Crippen LogP contribution is -2.64. The molecule has 0 spiro atoms. The second kappa shape index (κ2) is 10.5. The average Bonchev–Trinajstić information content (AvgIpc) is 2.70. The number of rotatable bonds is 8. The first kappa shape index (κ1) is 23.8. The summed E-state index contributed by atoms with van der Waals surface area (Å²) in [6.07, 6.45) is -16.7. The minimum atomic E-state index is -1.75. The van der Waals surface area contributed by atoms with Crippen LogP contribution in [-0.4, -0.2) is 140 Å². The molecule has 11 atom stereocenters. The molecular weight excluding hydrogens is 388 g/mol. The minimum absolute atomic E-state index is 0.415. The standard InChI is InChI=1S/C15H28O13/c16-1-5(19)4-25-14-12(24)10(22)13(7(3-18)27-14)28-15-11(23)9(21)8(20)6(2-17)26-15/h5-24H,1-4H2/t5?,6-,7-,8-,9+,10-,11-,12-,13-,14-,15+/m1/s1. The highest BCUT2D eigenvalue weighted by molar-refractivity contribution is 4.94. The minimum Gasteiger partial charge on any atom is -0.394 e. The number of hydrogen-bond donors (Lipinski definition) is 9. The van der Waals surface area contributed by atoms with Crippen LogP contribution in [0.25, 0.3) is 0 Å². The van der Waals surface area contributed by atoms with Crippen molar-refractivity contribution in [2.24, 2.45) is 0 Å². The molecule has 1 unspecified atom stereocenters. The molecule has 0 amide bonds. The number of aliphatic hydroxyl groups is 9. The topological polar surface area (TPSA) is 219 Å². The molecule has 2 rings (SSSR count). The Morgan fingerprint density at radius 3 is 1.86 bits per heavy atom. The van der Waals surface area contributed by atoms with Crippen LogP contribution < -0.4 is 0 Å². The van der Waals surface area contributed by atoms with Crippen LogP contribution in [0.4, 0.5) is 0 Å². The first-order valence-electron chi connectivity index (χ1n) is 8.74. The van der Waals surface area contributed by atoms with Gasteiger partial charge in [0.2, 0.25) is 0 Å². The number of hydrogen-bond acceptors (Lipinski definition) is 13. The zero-order valence-corrected chi connectivity index (χ0v) is 14.8. The van der Waals surface area contributed by atoms with E-state index in [2.05, 4.69) is 0 Å². The maximum Gasteiger partial charge on any atom is 0.187 e. The summed E-state index contributed by atoms with van der Waals surface area (Å²) in [7, 11) is 0. The first-order valence-corrected chi connectivity index (χ1v) is 8.74. The van der Waals surface area contributed by atoms with E-state index in [9.17, 15) is 40.9 Å². The highest BCUT2D eigenvalue weighted by Crippen LogP contribution is 2.29. The van der Waals surface area contributed by atoms with Gasteiger partial charge >= 0.3 is 0 Å². The molecule has 0 radical (unpaired) electrons. The molecule has 0 aromatic heterocycles. The summed E-state index contributed by atoms with van der Waals surface area (Å²) in [4.78, 5) is 0. The second-order valence-electron chi connectivity index (χ2n) is 6.67. The second-order valence-corrected chi connectivity index (χ2v) is 6.67. The largest absolute Gasteiger partial charge is 0.394 e. The summed E-state index contributed by atoms with van der Waals surface area (Å²) in [6.45, 7) is -2.41. The summed E-state index contributed by atoms with van der Waals surface area (Å²) >= 11 is 0. The van der Waals surface area contributed by atoms with Gasteiger partial charge in [-0.1, -0.05) is 0 Å². The quantitative estimate of drug-likeness (QED) is 0.180. The Labute approximate surface area is 159 Å². The van der Waals surface area contributed by atoms with E-state index in [-0.39, 0.29) is 0 Å². The van der Waals surface area contributed by atoms with Crippen LogP contribution in [0.5, 0.6) is 0 Å². The molecule has 0 aromatic carbocycles. The van der Waals surface area contributed by atoms with Gasteiger partial charge < -0.3 is 64.9 Å². The summed E-state index contributed by atoms with van der Waals surface area (Å²) in [5.74, 6) is 0. The fourth-order valence-corrected chi connectivity index (χ4v) is 2.95. The van der Waals surface area contributed by atoms with Crippen molar-refractivity contribution >= 4 is 0 Å². The average molecular weight is 416 g/mol. The lowest BCUT2D eigenvalue weighted by Gasteiger charge is -2.46. The Morgan fingerprint density at radius 1 is 0.714 bits per heavy atom. The van der Waals surface area contributed by atoms with E-state index >= 15 is 0 Å². The van der Waals surface area contributed by atoms with Crippen molar-refractivity contribution in [3.05, 3.63) is 0 Å². The van der Waals surface area contributed by atoms with E-state index in [0.717, 1.165) is 0 Å². The van der Waals surface area contributed by atoms with Gasteiger partial charge in [-0.05, 0) is 0 Å². The molecule has 13 heteroatoms. The van der Waals surface area contributed by atoms with Crippen molar-refractivity contribution in [2.75, 3.05) is 26.4 Å². The summed E-state index contributed by atoms with van der Waals surface area (Å²) in [5.41, 5.74) is 0.